The Kier molecular flexibility index (Phi) is 6.11. The zero-order chi connectivity index (χ0) is 13.5. The third kappa shape index (κ3) is 4.77. The number of methoxy groups -OCH3 is 1. The van der Waals surface area contributed by atoms with Crippen LogP contribution in [0, 0.1) is 5.92 Å². The number of piperazine rings is 1. The van der Waals surface area contributed by atoms with Crippen LogP contribution < -0.4 is 5.32 Å². The van der Waals surface area contributed by atoms with Crippen LogP contribution >= 0.6 is 0 Å². The average molecular weight is 268 g/mol. The van der Waals surface area contributed by atoms with E-state index in [1.54, 1.807) is 0 Å². The molecule has 1 unspecified atom stereocenters. The van der Waals surface area contributed by atoms with Gasteiger partial charge in [0.2, 0.25) is 0 Å². The number of nitrogens with zero attached hydrogens (tertiary/aromatic N) is 1. The first kappa shape index (κ1) is 14.8. The van der Waals surface area contributed by atoms with Gasteiger partial charge in [0.25, 0.3) is 0 Å². The first-order chi connectivity index (χ1) is 9.29. The highest BCUT2D eigenvalue weighted by Crippen LogP contribution is 2.25. The Bertz CT molecular complexity index is 277. The van der Waals surface area contributed by atoms with E-state index in [1.165, 1.54) is 45.8 Å². The van der Waals surface area contributed by atoms with Crippen molar-refractivity contribution in [2.75, 3.05) is 33.3 Å². The van der Waals surface area contributed by atoms with Crippen LogP contribution in [0.5, 0.6) is 0 Å². The van der Waals surface area contributed by atoms with E-state index in [0.29, 0.717) is 12.5 Å². The van der Waals surface area contributed by atoms with Crippen molar-refractivity contribution in [1.29, 1.82) is 0 Å². The largest absolute Gasteiger partial charge is 0.469 e. The minimum absolute atomic E-state index is 0.0804. The molecule has 2 fully saturated rings. The quantitative estimate of drug-likeness (QED) is 0.772. The fraction of sp³-hybridized carbons (Fsp3) is 0.933. The second kappa shape index (κ2) is 7.85. The van der Waals surface area contributed by atoms with E-state index in [0.717, 1.165) is 32.0 Å². The molecule has 1 saturated carbocycles. The number of rotatable bonds is 5. The van der Waals surface area contributed by atoms with Crippen LogP contribution in [0.3, 0.4) is 0 Å². The number of nitrogens with one attached hydrogen (secondary N) is 1. The van der Waals surface area contributed by atoms with Crippen molar-refractivity contribution >= 4 is 5.97 Å². The number of hydrogen-bond donors (Lipinski definition) is 1. The van der Waals surface area contributed by atoms with Gasteiger partial charge in [-0.05, 0) is 25.2 Å². The lowest BCUT2D eigenvalue weighted by atomic mass is 9.88. The molecule has 4 heteroatoms. The van der Waals surface area contributed by atoms with Gasteiger partial charge in [0.15, 0.2) is 0 Å². The summed E-state index contributed by atoms with van der Waals surface area (Å²) in [7, 11) is 1.47. The molecule has 1 aliphatic heterocycles. The Morgan fingerprint density at radius 2 is 2.11 bits per heavy atom. The van der Waals surface area contributed by atoms with Gasteiger partial charge in [-0.15, -0.1) is 0 Å². The second-order valence-electron chi connectivity index (χ2n) is 5.97. The Morgan fingerprint density at radius 1 is 1.32 bits per heavy atom. The minimum atomic E-state index is -0.0804. The summed E-state index contributed by atoms with van der Waals surface area (Å²) in [4.78, 5) is 13.9. The van der Waals surface area contributed by atoms with Gasteiger partial charge in [-0.25, -0.2) is 0 Å². The van der Waals surface area contributed by atoms with Gasteiger partial charge >= 0.3 is 5.97 Å². The number of esters is 1. The Hall–Kier alpha value is -0.610. The van der Waals surface area contributed by atoms with Crippen molar-refractivity contribution in [3.8, 4) is 0 Å². The highest BCUT2D eigenvalue weighted by Gasteiger charge is 2.26. The Morgan fingerprint density at radius 3 is 2.84 bits per heavy atom. The van der Waals surface area contributed by atoms with Crippen molar-refractivity contribution in [2.45, 2.75) is 51.0 Å². The fourth-order valence-electron chi connectivity index (χ4n) is 3.42. The zero-order valence-electron chi connectivity index (χ0n) is 12.2. The molecule has 0 aromatic carbocycles. The standard InChI is InChI=1S/C15H28N2O2/c1-19-15(18)8-7-14-11-16-9-10-17(14)12-13-5-3-2-4-6-13/h13-14,16H,2-12H2,1H3. The average Bonchev–Trinajstić information content (AvgIpc) is 2.47. The summed E-state index contributed by atoms with van der Waals surface area (Å²) in [6.45, 7) is 4.46. The van der Waals surface area contributed by atoms with Crippen LogP contribution in [0.2, 0.25) is 0 Å². The number of carbonyl (C=O) groups is 1. The van der Waals surface area contributed by atoms with E-state index in [-0.39, 0.29) is 5.97 Å². The third-order valence-electron chi connectivity index (χ3n) is 4.60. The van der Waals surface area contributed by atoms with Crippen LogP contribution in [0.25, 0.3) is 0 Å². The molecule has 1 N–H and O–H groups in total. The van der Waals surface area contributed by atoms with Crippen molar-refractivity contribution in [1.82, 2.24) is 10.2 Å². The smallest absolute Gasteiger partial charge is 0.305 e. The van der Waals surface area contributed by atoms with Crippen LogP contribution in [0.1, 0.15) is 44.9 Å². The molecule has 1 atom stereocenters. The molecule has 1 heterocycles. The topological polar surface area (TPSA) is 41.6 Å². The van der Waals surface area contributed by atoms with E-state index in [1.807, 2.05) is 0 Å². The first-order valence-electron chi connectivity index (χ1n) is 7.81. The fourth-order valence-corrected chi connectivity index (χ4v) is 3.42. The summed E-state index contributed by atoms with van der Waals surface area (Å²) >= 11 is 0. The zero-order valence-corrected chi connectivity index (χ0v) is 12.2. The monoisotopic (exact) mass is 268 g/mol. The van der Waals surface area contributed by atoms with Gasteiger partial charge in [-0.1, -0.05) is 19.3 Å². The van der Waals surface area contributed by atoms with Gasteiger partial charge < -0.3 is 10.1 Å². The predicted molar refractivity (Wildman–Crippen MR) is 76.1 cm³/mol. The van der Waals surface area contributed by atoms with Crippen LogP contribution in [-0.2, 0) is 9.53 Å². The molecule has 1 saturated heterocycles. The summed E-state index contributed by atoms with van der Waals surface area (Å²) < 4.78 is 4.75. The molecule has 0 radical (unpaired) electrons. The lowest BCUT2D eigenvalue weighted by Crippen LogP contribution is -2.52. The van der Waals surface area contributed by atoms with E-state index in [4.69, 9.17) is 4.74 Å². The summed E-state index contributed by atoms with van der Waals surface area (Å²) in [5.41, 5.74) is 0. The molecule has 4 nitrogen and oxygen atoms in total. The normalized spacial score (nSPS) is 26.3. The van der Waals surface area contributed by atoms with Gasteiger partial charge in [0, 0.05) is 38.6 Å². The summed E-state index contributed by atoms with van der Waals surface area (Å²) in [6, 6.07) is 0.509. The number of hydrogen-bond acceptors (Lipinski definition) is 4. The molecule has 1 aliphatic carbocycles. The summed E-state index contributed by atoms with van der Waals surface area (Å²) in [6.07, 6.45) is 8.49. The van der Waals surface area contributed by atoms with Crippen molar-refractivity contribution in [3.05, 3.63) is 0 Å². The third-order valence-corrected chi connectivity index (χ3v) is 4.60. The summed E-state index contributed by atoms with van der Waals surface area (Å²) in [5.74, 6) is 0.802. The van der Waals surface area contributed by atoms with Crippen LogP contribution in [-0.4, -0.2) is 50.2 Å². The predicted octanol–water partition coefficient (Wildman–Crippen LogP) is 1.79. The minimum Gasteiger partial charge on any atom is -0.469 e. The lowest BCUT2D eigenvalue weighted by Gasteiger charge is -2.39. The van der Waals surface area contributed by atoms with Gasteiger partial charge in [0.1, 0.15) is 0 Å². The van der Waals surface area contributed by atoms with Crippen LogP contribution in [0.15, 0.2) is 0 Å². The Balaban J connectivity index is 1.79. The van der Waals surface area contributed by atoms with E-state index in [9.17, 15) is 4.79 Å². The van der Waals surface area contributed by atoms with Crippen LogP contribution in [0.4, 0.5) is 0 Å². The highest BCUT2D eigenvalue weighted by molar-refractivity contribution is 5.69. The van der Waals surface area contributed by atoms with E-state index in [2.05, 4.69) is 10.2 Å². The molecule has 0 aromatic rings. The SMILES string of the molecule is COC(=O)CCC1CNCCN1CC1CCCCC1. The summed E-state index contributed by atoms with van der Waals surface area (Å²) in [5, 5.41) is 3.45. The molecule has 0 amide bonds. The lowest BCUT2D eigenvalue weighted by molar-refractivity contribution is -0.141. The molecule has 110 valence electrons. The number of ether oxygens (including phenoxy) is 1. The molecule has 0 aromatic heterocycles. The van der Waals surface area contributed by atoms with E-state index < -0.39 is 0 Å². The molecule has 2 rings (SSSR count). The van der Waals surface area contributed by atoms with Gasteiger partial charge in [-0.3, -0.25) is 9.69 Å². The molecule has 0 bridgehead atoms. The van der Waals surface area contributed by atoms with Crippen molar-refractivity contribution in [3.63, 3.8) is 0 Å². The van der Waals surface area contributed by atoms with Gasteiger partial charge in [-0.2, -0.15) is 0 Å². The molecular formula is C15H28N2O2. The van der Waals surface area contributed by atoms with E-state index >= 15 is 0 Å². The molecule has 19 heavy (non-hydrogen) atoms. The maximum atomic E-state index is 11.3. The van der Waals surface area contributed by atoms with Gasteiger partial charge in [0.05, 0.1) is 7.11 Å². The Labute approximate surface area is 116 Å². The maximum Gasteiger partial charge on any atom is 0.305 e. The second-order valence-corrected chi connectivity index (χ2v) is 5.97. The van der Waals surface area contributed by atoms with Crippen molar-refractivity contribution < 1.29 is 9.53 Å². The highest BCUT2D eigenvalue weighted by atomic mass is 16.5. The van der Waals surface area contributed by atoms with Crippen molar-refractivity contribution in [2.24, 2.45) is 5.92 Å². The maximum absolute atomic E-state index is 11.3. The first-order valence-corrected chi connectivity index (χ1v) is 7.81. The number of carbonyl (C=O) groups excluding carboxylic acids is 1. The molecule has 2 aliphatic rings. The molecule has 0 spiro atoms. The molecular weight excluding hydrogens is 240 g/mol.